The highest BCUT2D eigenvalue weighted by atomic mass is 16.3. The molecular weight excluding hydrogens is 727 g/mol. The molecule has 1 aromatic heterocycles. The Morgan fingerprint density at radius 3 is 1.48 bits per heavy atom. The van der Waals surface area contributed by atoms with Gasteiger partial charge in [-0.25, -0.2) is 0 Å². The summed E-state index contributed by atoms with van der Waals surface area (Å²) in [5, 5.41) is 4.65. The van der Waals surface area contributed by atoms with Crippen molar-refractivity contribution in [2.24, 2.45) is 0 Å². The maximum atomic E-state index is 6.48. The third-order valence-corrected chi connectivity index (χ3v) is 11.6. The number of hydrogen-bond donors (Lipinski definition) is 0. The van der Waals surface area contributed by atoms with Crippen molar-refractivity contribution in [3.05, 3.63) is 237 Å². The molecule has 0 atom stereocenters. The molecule has 0 fully saturated rings. The molecule has 11 aromatic rings. The molecule has 0 radical (unpaired) electrons. The molecule has 10 aromatic carbocycles. The SMILES string of the molecule is c1ccc(-c2cc(-c3ccccc3)cc(-c3ccc(N(c4ccccc4-c4cccc(-c5cccc6ccccc56)c4)c4cccc5oc6ccccc6c45)cc3)c2)cc1. The summed E-state index contributed by atoms with van der Waals surface area (Å²) >= 11 is 0. The van der Waals surface area contributed by atoms with Gasteiger partial charge in [-0.3, -0.25) is 0 Å². The zero-order valence-corrected chi connectivity index (χ0v) is 32.9. The van der Waals surface area contributed by atoms with Crippen molar-refractivity contribution in [1.29, 1.82) is 0 Å². The van der Waals surface area contributed by atoms with Crippen LogP contribution in [-0.4, -0.2) is 0 Å². The van der Waals surface area contributed by atoms with E-state index in [0.717, 1.165) is 55.7 Å². The Labute approximate surface area is 349 Å². The molecule has 1 heterocycles. The van der Waals surface area contributed by atoms with Crippen LogP contribution >= 0.6 is 0 Å². The largest absolute Gasteiger partial charge is 0.456 e. The van der Waals surface area contributed by atoms with Crippen molar-refractivity contribution < 1.29 is 4.42 Å². The number of fused-ring (bicyclic) bond motifs is 4. The Morgan fingerprint density at radius 1 is 0.283 bits per heavy atom. The lowest BCUT2D eigenvalue weighted by Gasteiger charge is -2.29. The van der Waals surface area contributed by atoms with E-state index in [-0.39, 0.29) is 0 Å². The minimum Gasteiger partial charge on any atom is -0.456 e. The highest BCUT2D eigenvalue weighted by molar-refractivity contribution is 6.14. The predicted molar refractivity (Wildman–Crippen MR) is 253 cm³/mol. The van der Waals surface area contributed by atoms with Gasteiger partial charge in [0.25, 0.3) is 0 Å². The van der Waals surface area contributed by atoms with Crippen LogP contribution in [-0.2, 0) is 0 Å². The molecule has 0 bridgehead atoms. The minimum atomic E-state index is 0.858. The first-order valence-electron chi connectivity index (χ1n) is 20.5. The standard InChI is InChI=1S/C58H39NO/c1-3-16-40(17-4-1)46-37-47(41-18-5-2-6-19-41)39-48(38-46)42-32-34-49(35-33-42)59(55-29-15-31-57-58(55)53-26-10-12-30-56(53)60-57)54-28-11-9-25-52(54)45-23-13-22-44(36-45)51-27-14-21-43-20-7-8-24-50(43)51/h1-39H. The molecule has 0 aliphatic heterocycles. The fraction of sp³-hybridized carbons (Fsp3) is 0. The smallest absolute Gasteiger partial charge is 0.137 e. The van der Waals surface area contributed by atoms with Gasteiger partial charge in [-0.05, 0) is 122 Å². The number of hydrogen-bond acceptors (Lipinski definition) is 2. The fourth-order valence-corrected chi connectivity index (χ4v) is 8.79. The first-order valence-corrected chi connectivity index (χ1v) is 20.5. The van der Waals surface area contributed by atoms with Gasteiger partial charge in [0.1, 0.15) is 11.2 Å². The van der Waals surface area contributed by atoms with Crippen molar-refractivity contribution in [1.82, 2.24) is 0 Å². The Balaban J connectivity index is 1.08. The van der Waals surface area contributed by atoms with Crippen LogP contribution in [0.1, 0.15) is 0 Å². The molecule has 0 saturated carbocycles. The second-order valence-corrected chi connectivity index (χ2v) is 15.3. The van der Waals surface area contributed by atoms with Crippen LogP contribution < -0.4 is 4.90 Å². The van der Waals surface area contributed by atoms with Gasteiger partial charge in [-0.15, -0.1) is 0 Å². The van der Waals surface area contributed by atoms with Crippen LogP contribution in [0, 0.1) is 0 Å². The Bertz CT molecular complexity index is 3250. The van der Waals surface area contributed by atoms with Crippen LogP contribution in [0.15, 0.2) is 241 Å². The molecule has 0 spiro atoms. The third-order valence-electron chi connectivity index (χ3n) is 11.6. The summed E-state index contributed by atoms with van der Waals surface area (Å²) in [6.07, 6.45) is 0. The van der Waals surface area contributed by atoms with E-state index in [2.05, 4.69) is 235 Å². The molecule has 0 aliphatic carbocycles. The number of benzene rings is 10. The lowest BCUT2D eigenvalue weighted by atomic mass is 9.93. The van der Waals surface area contributed by atoms with Crippen LogP contribution in [0.2, 0.25) is 0 Å². The summed E-state index contributed by atoms with van der Waals surface area (Å²) in [4.78, 5) is 2.41. The first kappa shape index (κ1) is 35.2. The van der Waals surface area contributed by atoms with Gasteiger partial charge in [0.15, 0.2) is 0 Å². The Hall–Kier alpha value is -7.94. The Kier molecular flexibility index (Phi) is 8.87. The van der Waals surface area contributed by atoms with Gasteiger partial charge < -0.3 is 9.32 Å². The second-order valence-electron chi connectivity index (χ2n) is 15.3. The van der Waals surface area contributed by atoms with Gasteiger partial charge in [0.2, 0.25) is 0 Å². The molecule has 2 heteroatoms. The van der Waals surface area contributed by atoms with Gasteiger partial charge in [-0.2, -0.15) is 0 Å². The van der Waals surface area contributed by atoms with Crippen molar-refractivity contribution in [2.75, 3.05) is 4.90 Å². The van der Waals surface area contributed by atoms with Gasteiger partial charge >= 0.3 is 0 Å². The monoisotopic (exact) mass is 765 g/mol. The minimum absolute atomic E-state index is 0.858. The number of rotatable bonds is 8. The van der Waals surface area contributed by atoms with E-state index < -0.39 is 0 Å². The average Bonchev–Trinajstić information content (AvgIpc) is 3.72. The zero-order chi connectivity index (χ0) is 39.8. The highest BCUT2D eigenvalue weighted by Crippen LogP contribution is 2.47. The quantitative estimate of drug-likeness (QED) is 0.153. The lowest BCUT2D eigenvalue weighted by Crippen LogP contribution is -2.11. The highest BCUT2D eigenvalue weighted by Gasteiger charge is 2.22. The molecule has 0 N–H and O–H groups in total. The van der Waals surface area contributed by atoms with Gasteiger partial charge in [0.05, 0.1) is 16.8 Å². The predicted octanol–water partition coefficient (Wildman–Crippen LogP) is 16.5. The summed E-state index contributed by atoms with van der Waals surface area (Å²) in [6.45, 7) is 0. The first-order chi connectivity index (χ1) is 29.7. The molecule has 0 unspecified atom stereocenters. The van der Waals surface area contributed by atoms with Crippen LogP contribution in [0.25, 0.3) is 88.3 Å². The Morgan fingerprint density at radius 2 is 0.750 bits per heavy atom. The fourth-order valence-electron chi connectivity index (χ4n) is 8.79. The summed E-state index contributed by atoms with van der Waals surface area (Å²) < 4.78 is 6.48. The van der Waals surface area contributed by atoms with Gasteiger partial charge in [-0.1, -0.05) is 176 Å². The van der Waals surface area contributed by atoms with E-state index >= 15 is 0 Å². The summed E-state index contributed by atoms with van der Waals surface area (Å²) in [5.41, 5.74) is 16.7. The third kappa shape index (κ3) is 6.41. The van der Waals surface area contributed by atoms with E-state index in [1.165, 1.54) is 49.7 Å². The topological polar surface area (TPSA) is 16.4 Å². The molecule has 0 aliphatic rings. The van der Waals surface area contributed by atoms with Crippen LogP contribution in [0.5, 0.6) is 0 Å². The number of nitrogens with zero attached hydrogens (tertiary/aromatic N) is 1. The second kappa shape index (κ2) is 15.1. The maximum absolute atomic E-state index is 6.48. The number of para-hydroxylation sites is 2. The maximum Gasteiger partial charge on any atom is 0.137 e. The summed E-state index contributed by atoms with van der Waals surface area (Å²) in [7, 11) is 0. The molecule has 0 amide bonds. The molecule has 0 saturated heterocycles. The van der Waals surface area contributed by atoms with Crippen LogP contribution in [0.3, 0.4) is 0 Å². The van der Waals surface area contributed by atoms with Crippen molar-refractivity contribution >= 4 is 49.8 Å². The molecule has 2 nitrogen and oxygen atoms in total. The van der Waals surface area contributed by atoms with Crippen molar-refractivity contribution in [3.8, 4) is 55.6 Å². The van der Waals surface area contributed by atoms with Crippen molar-refractivity contribution in [3.63, 3.8) is 0 Å². The number of anilines is 3. The van der Waals surface area contributed by atoms with E-state index in [4.69, 9.17) is 4.42 Å². The summed E-state index contributed by atoms with van der Waals surface area (Å²) in [6, 6.07) is 84.9. The molecule has 60 heavy (non-hydrogen) atoms. The average molecular weight is 766 g/mol. The molecule has 11 rings (SSSR count). The van der Waals surface area contributed by atoms with E-state index in [9.17, 15) is 0 Å². The van der Waals surface area contributed by atoms with Crippen LogP contribution in [0.4, 0.5) is 17.1 Å². The normalized spacial score (nSPS) is 11.3. The van der Waals surface area contributed by atoms with Crippen molar-refractivity contribution in [2.45, 2.75) is 0 Å². The summed E-state index contributed by atoms with van der Waals surface area (Å²) in [5.74, 6) is 0. The number of furan rings is 1. The molecule has 282 valence electrons. The van der Waals surface area contributed by atoms with E-state index in [0.29, 0.717) is 0 Å². The van der Waals surface area contributed by atoms with E-state index in [1.807, 2.05) is 6.07 Å². The lowest BCUT2D eigenvalue weighted by molar-refractivity contribution is 0.669. The zero-order valence-electron chi connectivity index (χ0n) is 32.9. The molecular formula is C58H39NO. The van der Waals surface area contributed by atoms with E-state index in [1.54, 1.807) is 0 Å². The van der Waals surface area contributed by atoms with Gasteiger partial charge in [0, 0.05) is 16.6 Å².